The second kappa shape index (κ2) is 6.57. The van der Waals surface area contributed by atoms with Crippen LogP contribution in [-0.4, -0.2) is 10.2 Å². The molecule has 1 heterocycles. The first-order valence-corrected chi connectivity index (χ1v) is 7.96. The Morgan fingerprint density at radius 3 is 2.52 bits per heavy atom. The van der Waals surface area contributed by atoms with Crippen molar-refractivity contribution in [3.05, 3.63) is 78.4 Å². The van der Waals surface area contributed by atoms with Gasteiger partial charge in [-0.05, 0) is 35.9 Å². The molecule has 124 valence electrons. The molecular weight excluding hydrogens is 314 g/mol. The average Bonchev–Trinajstić information content (AvgIpc) is 3.02. The summed E-state index contributed by atoms with van der Waals surface area (Å²) >= 11 is 0. The molecule has 1 aromatic heterocycles. The van der Waals surface area contributed by atoms with E-state index in [0.29, 0.717) is 23.9 Å². The van der Waals surface area contributed by atoms with Gasteiger partial charge in [-0.25, -0.2) is 0 Å². The van der Waals surface area contributed by atoms with Gasteiger partial charge in [0.05, 0.1) is 5.52 Å². The third-order valence-corrected chi connectivity index (χ3v) is 3.85. The molecule has 0 aliphatic rings. The van der Waals surface area contributed by atoms with Crippen LogP contribution in [0.25, 0.3) is 10.9 Å². The predicted octanol–water partition coefficient (Wildman–Crippen LogP) is 4.52. The zero-order valence-electron chi connectivity index (χ0n) is 13.5. The summed E-state index contributed by atoms with van der Waals surface area (Å²) < 4.78 is 11.8. The number of nitrogens with zero attached hydrogens (tertiary/aromatic N) is 1. The first-order valence-electron chi connectivity index (χ1n) is 7.96. The number of benzene rings is 3. The van der Waals surface area contributed by atoms with Crippen molar-refractivity contribution in [3.63, 3.8) is 0 Å². The molecule has 0 saturated carbocycles. The van der Waals surface area contributed by atoms with E-state index in [9.17, 15) is 0 Å². The van der Waals surface area contributed by atoms with Crippen molar-refractivity contribution >= 4 is 16.7 Å². The maximum atomic E-state index is 5.93. The van der Waals surface area contributed by atoms with Crippen LogP contribution in [0.5, 0.6) is 17.2 Å². The molecule has 0 fully saturated rings. The number of H-pyrrole nitrogens is 1. The molecule has 0 atom stereocenters. The van der Waals surface area contributed by atoms with Crippen molar-refractivity contribution in [2.45, 2.75) is 6.61 Å². The van der Waals surface area contributed by atoms with Crippen LogP contribution in [0.15, 0.2) is 72.8 Å². The third kappa shape index (κ3) is 3.40. The lowest BCUT2D eigenvalue weighted by Gasteiger charge is -2.09. The average molecular weight is 331 g/mol. The van der Waals surface area contributed by atoms with Crippen LogP contribution in [0.3, 0.4) is 0 Å². The lowest BCUT2D eigenvalue weighted by molar-refractivity contribution is 0.304. The Labute approximate surface area is 145 Å². The zero-order chi connectivity index (χ0) is 17.1. The van der Waals surface area contributed by atoms with Gasteiger partial charge in [-0.3, -0.25) is 5.10 Å². The Morgan fingerprint density at radius 2 is 1.64 bits per heavy atom. The standard InChI is InChI=1S/C20H17N3O2/c21-20-18-12-17(9-10-19(18)22-23-20)25-16-8-4-7-15(11-16)24-13-14-5-2-1-3-6-14/h1-12H,13H2,(H3,21,22,23). The van der Waals surface area contributed by atoms with Crippen LogP contribution < -0.4 is 15.2 Å². The number of nitrogen functional groups attached to an aromatic ring is 1. The molecule has 0 amide bonds. The van der Waals surface area contributed by atoms with Crippen LogP contribution >= 0.6 is 0 Å². The van der Waals surface area contributed by atoms with Crippen LogP contribution in [-0.2, 0) is 6.61 Å². The molecule has 3 aromatic carbocycles. The lowest BCUT2D eigenvalue weighted by Crippen LogP contribution is -1.95. The van der Waals surface area contributed by atoms with E-state index in [1.54, 1.807) is 0 Å². The lowest BCUT2D eigenvalue weighted by atomic mass is 10.2. The Balaban J connectivity index is 1.49. The molecule has 0 aliphatic heterocycles. The summed E-state index contributed by atoms with van der Waals surface area (Å²) in [5.74, 6) is 2.61. The number of aromatic nitrogens is 2. The molecule has 4 rings (SSSR count). The predicted molar refractivity (Wildman–Crippen MR) is 97.8 cm³/mol. The van der Waals surface area contributed by atoms with E-state index in [2.05, 4.69) is 10.2 Å². The van der Waals surface area contributed by atoms with E-state index in [-0.39, 0.29) is 0 Å². The number of anilines is 1. The maximum absolute atomic E-state index is 5.93. The molecular formula is C20H17N3O2. The number of hydrogen-bond acceptors (Lipinski definition) is 4. The zero-order valence-corrected chi connectivity index (χ0v) is 13.5. The minimum absolute atomic E-state index is 0.459. The number of aromatic amines is 1. The van der Waals surface area contributed by atoms with E-state index in [1.165, 1.54) is 0 Å². The second-order valence-corrected chi connectivity index (χ2v) is 5.67. The fourth-order valence-corrected chi connectivity index (χ4v) is 2.58. The molecule has 0 saturated heterocycles. The van der Waals surface area contributed by atoms with Crippen LogP contribution in [0, 0.1) is 0 Å². The summed E-state index contributed by atoms with van der Waals surface area (Å²) in [6.07, 6.45) is 0. The summed E-state index contributed by atoms with van der Waals surface area (Å²) in [6, 6.07) is 23.2. The van der Waals surface area contributed by atoms with Crippen molar-refractivity contribution < 1.29 is 9.47 Å². The molecule has 5 heteroatoms. The first kappa shape index (κ1) is 15.1. The number of nitrogens with one attached hydrogen (secondary N) is 1. The van der Waals surface area contributed by atoms with Crippen molar-refractivity contribution in [1.29, 1.82) is 0 Å². The molecule has 4 aromatic rings. The molecule has 0 bridgehead atoms. The molecule has 0 unspecified atom stereocenters. The number of ether oxygens (including phenoxy) is 2. The van der Waals surface area contributed by atoms with Crippen molar-refractivity contribution in [2.75, 3.05) is 5.73 Å². The topological polar surface area (TPSA) is 73.2 Å². The highest BCUT2D eigenvalue weighted by atomic mass is 16.5. The fourth-order valence-electron chi connectivity index (χ4n) is 2.58. The van der Waals surface area contributed by atoms with Gasteiger partial charge < -0.3 is 15.2 Å². The van der Waals surface area contributed by atoms with Gasteiger partial charge in [-0.2, -0.15) is 5.10 Å². The normalized spacial score (nSPS) is 10.7. The summed E-state index contributed by atoms with van der Waals surface area (Å²) in [7, 11) is 0. The molecule has 0 aliphatic carbocycles. The Morgan fingerprint density at radius 1 is 0.840 bits per heavy atom. The quantitative estimate of drug-likeness (QED) is 0.564. The summed E-state index contributed by atoms with van der Waals surface area (Å²) in [5, 5.41) is 7.70. The minimum atomic E-state index is 0.459. The van der Waals surface area contributed by atoms with Gasteiger partial charge in [0.2, 0.25) is 0 Å². The van der Waals surface area contributed by atoms with E-state index in [1.807, 2.05) is 72.8 Å². The van der Waals surface area contributed by atoms with E-state index in [4.69, 9.17) is 15.2 Å². The second-order valence-electron chi connectivity index (χ2n) is 5.67. The van der Waals surface area contributed by atoms with Crippen molar-refractivity contribution in [1.82, 2.24) is 10.2 Å². The highest BCUT2D eigenvalue weighted by molar-refractivity contribution is 5.89. The first-order chi connectivity index (χ1) is 12.3. The Hall–Kier alpha value is -3.47. The van der Waals surface area contributed by atoms with E-state index in [0.717, 1.165) is 22.2 Å². The van der Waals surface area contributed by atoms with Gasteiger partial charge in [0.25, 0.3) is 0 Å². The minimum Gasteiger partial charge on any atom is -0.489 e. The van der Waals surface area contributed by atoms with Gasteiger partial charge in [0, 0.05) is 11.5 Å². The number of nitrogens with two attached hydrogens (primary N) is 1. The SMILES string of the molecule is Nc1n[nH]c2ccc(Oc3cccc(OCc4ccccc4)c3)cc12. The Bertz CT molecular complexity index is 996. The molecule has 5 nitrogen and oxygen atoms in total. The highest BCUT2D eigenvalue weighted by Gasteiger charge is 2.05. The maximum Gasteiger partial charge on any atom is 0.153 e. The number of hydrogen-bond donors (Lipinski definition) is 2. The summed E-state index contributed by atoms with van der Waals surface area (Å²) in [5.41, 5.74) is 7.84. The molecule has 0 radical (unpaired) electrons. The summed E-state index contributed by atoms with van der Waals surface area (Å²) in [4.78, 5) is 0. The summed E-state index contributed by atoms with van der Waals surface area (Å²) in [6.45, 7) is 0.516. The smallest absolute Gasteiger partial charge is 0.153 e. The van der Waals surface area contributed by atoms with Crippen LogP contribution in [0.1, 0.15) is 5.56 Å². The monoisotopic (exact) mass is 331 g/mol. The molecule has 3 N–H and O–H groups in total. The fraction of sp³-hybridized carbons (Fsp3) is 0.0500. The van der Waals surface area contributed by atoms with Gasteiger partial charge in [-0.1, -0.05) is 36.4 Å². The van der Waals surface area contributed by atoms with E-state index >= 15 is 0 Å². The van der Waals surface area contributed by atoms with Crippen LogP contribution in [0.2, 0.25) is 0 Å². The van der Waals surface area contributed by atoms with Crippen LogP contribution in [0.4, 0.5) is 5.82 Å². The third-order valence-electron chi connectivity index (χ3n) is 3.85. The van der Waals surface area contributed by atoms with Crippen molar-refractivity contribution in [2.24, 2.45) is 0 Å². The molecule has 0 spiro atoms. The largest absolute Gasteiger partial charge is 0.489 e. The van der Waals surface area contributed by atoms with E-state index < -0.39 is 0 Å². The highest BCUT2D eigenvalue weighted by Crippen LogP contribution is 2.29. The Kier molecular flexibility index (Phi) is 3.96. The van der Waals surface area contributed by atoms with Crippen molar-refractivity contribution in [3.8, 4) is 17.2 Å². The number of fused-ring (bicyclic) bond motifs is 1. The van der Waals surface area contributed by atoms with Gasteiger partial charge >= 0.3 is 0 Å². The number of rotatable bonds is 5. The molecule has 25 heavy (non-hydrogen) atoms. The van der Waals surface area contributed by atoms with Gasteiger partial charge in [0.1, 0.15) is 23.9 Å². The van der Waals surface area contributed by atoms with Gasteiger partial charge in [0.15, 0.2) is 5.82 Å². The van der Waals surface area contributed by atoms with Gasteiger partial charge in [-0.15, -0.1) is 0 Å².